The van der Waals surface area contributed by atoms with Gasteiger partial charge in [-0.25, -0.2) is 4.39 Å². The van der Waals surface area contributed by atoms with Crippen molar-refractivity contribution in [2.24, 2.45) is 11.8 Å². The van der Waals surface area contributed by atoms with Crippen molar-refractivity contribution >= 4 is 0 Å². The van der Waals surface area contributed by atoms with Gasteiger partial charge in [0.2, 0.25) is 0 Å². The number of hydrogen-bond acceptors (Lipinski definition) is 1. The second-order valence-electron chi connectivity index (χ2n) is 5.42. The summed E-state index contributed by atoms with van der Waals surface area (Å²) in [6.07, 6.45) is 5.09. The summed E-state index contributed by atoms with van der Waals surface area (Å²) in [5.74, 6) is 1.02. The third-order valence-corrected chi connectivity index (χ3v) is 3.96. The molecule has 0 heterocycles. The van der Waals surface area contributed by atoms with Crippen molar-refractivity contribution in [3.63, 3.8) is 0 Å². The van der Waals surface area contributed by atoms with E-state index in [-0.39, 0.29) is 11.9 Å². The van der Waals surface area contributed by atoms with Crippen LogP contribution in [0.2, 0.25) is 0 Å². The highest BCUT2D eigenvalue weighted by molar-refractivity contribution is 5.17. The van der Waals surface area contributed by atoms with Crippen LogP contribution in [0.1, 0.15) is 38.2 Å². The molecule has 1 aromatic carbocycles. The number of aliphatic hydroxyl groups is 1. The van der Waals surface area contributed by atoms with Crippen LogP contribution >= 0.6 is 0 Å². The van der Waals surface area contributed by atoms with Crippen LogP contribution in [0.25, 0.3) is 0 Å². The smallest absolute Gasteiger partial charge is 0.123 e. The maximum atomic E-state index is 12.8. The molecule has 2 rings (SSSR count). The van der Waals surface area contributed by atoms with Crippen LogP contribution in [0.15, 0.2) is 24.3 Å². The minimum absolute atomic E-state index is 0.213. The van der Waals surface area contributed by atoms with Crippen LogP contribution < -0.4 is 0 Å². The molecule has 1 saturated carbocycles. The van der Waals surface area contributed by atoms with Gasteiger partial charge in [0, 0.05) is 0 Å². The highest BCUT2D eigenvalue weighted by atomic mass is 19.1. The number of aliphatic hydroxyl groups excluding tert-OH is 1. The highest BCUT2D eigenvalue weighted by Gasteiger charge is 2.24. The zero-order valence-electron chi connectivity index (χ0n) is 10.4. The molecule has 17 heavy (non-hydrogen) atoms. The van der Waals surface area contributed by atoms with Gasteiger partial charge in [-0.3, -0.25) is 0 Å². The summed E-state index contributed by atoms with van der Waals surface area (Å²) in [4.78, 5) is 0. The molecule has 1 aliphatic carbocycles. The van der Waals surface area contributed by atoms with Crippen LogP contribution in [0, 0.1) is 17.7 Å². The van der Waals surface area contributed by atoms with E-state index in [9.17, 15) is 9.50 Å². The van der Waals surface area contributed by atoms with Gasteiger partial charge < -0.3 is 5.11 Å². The van der Waals surface area contributed by atoms with Crippen molar-refractivity contribution in [2.45, 2.75) is 45.1 Å². The lowest BCUT2D eigenvalue weighted by Gasteiger charge is -2.29. The largest absolute Gasteiger partial charge is 0.392 e. The molecule has 2 heteroatoms. The summed E-state index contributed by atoms with van der Waals surface area (Å²) in [5.41, 5.74) is 1.03. The van der Waals surface area contributed by atoms with Gasteiger partial charge in [-0.1, -0.05) is 31.9 Å². The molecule has 1 unspecified atom stereocenters. The minimum Gasteiger partial charge on any atom is -0.392 e. The van der Waals surface area contributed by atoms with E-state index in [1.165, 1.54) is 25.0 Å². The molecule has 0 bridgehead atoms. The third kappa shape index (κ3) is 3.53. The van der Waals surface area contributed by atoms with Gasteiger partial charge in [-0.2, -0.15) is 0 Å². The van der Waals surface area contributed by atoms with Crippen LogP contribution in [-0.2, 0) is 6.42 Å². The number of halogens is 1. The van der Waals surface area contributed by atoms with E-state index in [2.05, 4.69) is 6.92 Å². The third-order valence-electron chi connectivity index (χ3n) is 3.96. The molecule has 1 aliphatic rings. The molecule has 0 aliphatic heterocycles. The summed E-state index contributed by atoms with van der Waals surface area (Å²) in [7, 11) is 0. The SMILES string of the molecule is CC1CCC(C(O)Cc2ccc(F)cc2)CC1. The molecule has 0 amide bonds. The highest BCUT2D eigenvalue weighted by Crippen LogP contribution is 2.31. The molecule has 1 N–H and O–H groups in total. The molecule has 1 nitrogen and oxygen atoms in total. The van der Waals surface area contributed by atoms with E-state index in [4.69, 9.17) is 0 Å². The maximum Gasteiger partial charge on any atom is 0.123 e. The topological polar surface area (TPSA) is 20.2 Å². The predicted molar refractivity (Wildman–Crippen MR) is 67.2 cm³/mol. The van der Waals surface area contributed by atoms with E-state index >= 15 is 0 Å². The summed E-state index contributed by atoms with van der Waals surface area (Å²) >= 11 is 0. The summed E-state index contributed by atoms with van der Waals surface area (Å²) in [5, 5.41) is 10.2. The van der Waals surface area contributed by atoms with Gasteiger partial charge in [0.15, 0.2) is 0 Å². The molecular weight excluding hydrogens is 215 g/mol. The van der Waals surface area contributed by atoms with Crippen molar-refractivity contribution in [2.75, 3.05) is 0 Å². The number of benzene rings is 1. The van der Waals surface area contributed by atoms with Gasteiger partial charge in [0.05, 0.1) is 6.10 Å². The molecule has 1 aromatic rings. The van der Waals surface area contributed by atoms with Crippen LogP contribution in [0.4, 0.5) is 4.39 Å². The van der Waals surface area contributed by atoms with Crippen LogP contribution in [0.5, 0.6) is 0 Å². The molecule has 0 radical (unpaired) electrons. The molecule has 94 valence electrons. The first kappa shape index (κ1) is 12.6. The van der Waals surface area contributed by atoms with Gasteiger partial charge in [0.25, 0.3) is 0 Å². The van der Waals surface area contributed by atoms with E-state index in [0.29, 0.717) is 12.3 Å². The number of hydrogen-bond donors (Lipinski definition) is 1. The predicted octanol–water partition coefficient (Wildman–Crippen LogP) is 3.56. The van der Waals surface area contributed by atoms with Gasteiger partial charge in [-0.15, -0.1) is 0 Å². The Balaban J connectivity index is 1.88. The van der Waals surface area contributed by atoms with E-state index in [0.717, 1.165) is 24.3 Å². The minimum atomic E-state index is -0.270. The monoisotopic (exact) mass is 236 g/mol. The quantitative estimate of drug-likeness (QED) is 0.850. The van der Waals surface area contributed by atoms with Crippen molar-refractivity contribution in [3.05, 3.63) is 35.6 Å². The lowest BCUT2D eigenvalue weighted by molar-refractivity contribution is 0.0761. The molecular formula is C15H21FO. The van der Waals surface area contributed by atoms with E-state index < -0.39 is 0 Å². The zero-order chi connectivity index (χ0) is 12.3. The Morgan fingerprint density at radius 3 is 2.35 bits per heavy atom. The Labute approximate surface area is 103 Å². The Bertz CT molecular complexity index is 338. The zero-order valence-corrected chi connectivity index (χ0v) is 10.4. The summed E-state index contributed by atoms with van der Waals surface area (Å²) < 4.78 is 12.8. The van der Waals surface area contributed by atoms with Crippen molar-refractivity contribution in [3.8, 4) is 0 Å². The fourth-order valence-corrected chi connectivity index (χ4v) is 2.70. The first-order valence-electron chi connectivity index (χ1n) is 6.57. The fraction of sp³-hybridized carbons (Fsp3) is 0.600. The summed E-state index contributed by atoms with van der Waals surface area (Å²) in [6, 6.07) is 6.46. The van der Waals surface area contributed by atoms with Gasteiger partial charge >= 0.3 is 0 Å². The van der Waals surface area contributed by atoms with Crippen molar-refractivity contribution in [1.29, 1.82) is 0 Å². The summed E-state index contributed by atoms with van der Waals surface area (Å²) in [6.45, 7) is 2.28. The lowest BCUT2D eigenvalue weighted by Crippen LogP contribution is -2.26. The fourth-order valence-electron chi connectivity index (χ4n) is 2.70. The van der Waals surface area contributed by atoms with Crippen LogP contribution in [0.3, 0.4) is 0 Å². The van der Waals surface area contributed by atoms with Crippen LogP contribution in [-0.4, -0.2) is 11.2 Å². The van der Waals surface area contributed by atoms with Gasteiger partial charge in [-0.05, 0) is 48.8 Å². The normalized spacial score (nSPS) is 26.8. The van der Waals surface area contributed by atoms with Gasteiger partial charge in [0.1, 0.15) is 5.82 Å². The Kier molecular flexibility index (Phi) is 4.16. The molecule has 1 atom stereocenters. The average molecular weight is 236 g/mol. The first-order chi connectivity index (χ1) is 8.15. The Morgan fingerprint density at radius 1 is 1.18 bits per heavy atom. The average Bonchev–Trinajstić information content (AvgIpc) is 2.33. The molecule has 1 fully saturated rings. The van der Waals surface area contributed by atoms with Crippen molar-refractivity contribution < 1.29 is 9.50 Å². The maximum absolute atomic E-state index is 12.8. The molecule has 0 spiro atoms. The lowest BCUT2D eigenvalue weighted by atomic mass is 9.79. The Morgan fingerprint density at radius 2 is 1.76 bits per heavy atom. The van der Waals surface area contributed by atoms with Crippen molar-refractivity contribution in [1.82, 2.24) is 0 Å². The molecule has 0 saturated heterocycles. The molecule has 0 aromatic heterocycles. The second-order valence-corrected chi connectivity index (χ2v) is 5.42. The second kappa shape index (κ2) is 5.63. The number of rotatable bonds is 3. The standard InChI is InChI=1S/C15H21FO/c1-11-2-6-13(7-3-11)15(17)10-12-4-8-14(16)9-5-12/h4-5,8-9,11,13,15,17H,2-3,6-7,10H2,1H3. The van der Waals surface area contributed by atoms with E-state index in [1.807, 2.05) is 0 Å². The Hall–Kier alpha value is -0.890. The first-order valence-corrected chi connectivity index (χ1v) is 6.57. The van der Waals surface area contributed by atoms with E-state index in [1.54, 1.807) is 12.1 Å².